The van der Waals surface area contributed by atoms with Crippen LogP contribution in [0.15, 0.2) is 48.5 Å². The highest BCUT2D eigenvalue weighted by atomic mass is 32.2. The van der Waals surface area contributed by atoms with Gasteiger partial charge in [-0.25, -0.2) is 0 Å². The number of fused-ring (bicyclic) bond motifs is 3. The maximum absolute atomic E-state index is 14.2. The van der Waals surface area contributed by atoms with Gasteiger partial charge in [0.2, 0.25) is 5.91 Å². The van der Waals surface area contributed by atoms with E-state index in [0.29, 0.717) is 0 Å². The number of likely N-dealkylation sites (N-methyl/N-ethyl adjacent to an activating group) is 1. The molecule has 0 aliphatic heterocycles. The van der Waals surface area contributed by atoms with Crippen molar-refractivity contribution in [3.8, 4) is 5.75 Å². The van der Waals surface area contributed by atoms with Crippen LogP contribution in [-0.4, -0.2) is 90.6 Å². The number of rotatable bonds is 7. The van der Waals surface area contributed by atoms with E-state index in [0.717, 1.165) is 5.56 Å². The number of ketones is 4. The summed E-state index contributed by atoms with van der Waals surface area (Å²) in [5.74, 6) is -14.4. The summed E-state index contributed by atoms with van der Waals surface area (Å²) in [6.45, 7) is 1.85. The molecular weight excluding hydrogens is 564 g/mol. The van der Waals surface area contributed by atoms with Crippen LogP contribution in [0.3, 0.4) is 0 Å². The molecule has 9 atom stereocenters. The van der Waals surface area contributed by atoms with Crippen LogP contribution >= 0.6 is 0 Å². The van der Waals surface area contributed by atoms with Crippen molar-refractivity contribution in [3.05, 3.63) is 65.2 Å². The van der Waals surface area contributed by atoms with Crippen molar-refractivity contribution < 1.29 is 43.5 Å². The first-order chi connectivity index (χ1) is 19.9. The zero-order valence-electron chi connectivity index (χ0n) is 23.0. The molecule has 0 radical (unpaired) electrons. The number of nitrogens with zero attached hydrogens (tertiary/aromatic N) is 1. The first kappa shape index (κ1) is 29.9. The number of carbonyl (C=O) groups is 5. The average Bonchev–Trinajstić information content (AvgIpc) is 2.94. The average molecular weight is 597 g/mol. The van der Waals surface area contributed by atoms with E-state index < -0.39 is 92.9 Å². The molecule has 222 valence electrons. The van der Waals surface area contributed by atoms with Crippen LogP contribution in [0, 0.1) is 23.7 Å². The Labute approximate surface area is 244 Å². The molecule has 2 saturated carbocycles. The highest BCUT2D eigenvalue weighted by Crippen LogP contribution is 2.54. The predicted octanol–water partition coefficient (Wildman–Crippen LogP) is -0.282. The van der Waals surface area contributed by atoms with Crippen LogP contribution in [0.4, 0.5) is 0 Å². The molecule has 0 bridgehead atoms. The second kappa shape index (κ2) is 10.9. The van der Waals surface area contributed by atoms with Gasteiger partial charge in [0.05, 0.1) is 29.5 Å². The van der Waals surface area contributed by atoms with Crippen LogP contribution in [0.5, 0.6) is 5.75 Å². The predicted molar refractivity (Wildman–Crippen MR) is 150 cm³/mol. The quantitative estimate of drug-likeness (QED) is 0.309. The number of amides is 1. The molecule has 0 spiro atoms. The Kier molecular flexibility index (Phi) is 7.77. The van der Waals surface area contributed by atoms with Crippen LogP contribution in [0.25, 0.3) is 0 Å². The van der Waals surface area contributed by atoms with E-state index in [-0.39, 0.29) is 29.2 Å². The van der Waals surface area contributed by atoms with Gasteiger partial charge in [-0.2, -0.15) is 0 Å². The molecule has 0 aromatic heterocycles. The molecular formula is C30H32N2O9S. The number of phenols is 1. The number of Topliss-reactive ketones (excluding diaryl/α,β-unsaturated/α-hetero) is 4. The fourth-order valence-electron chi connectivity index (χ4n) is 7.10. The highest BCUT2D eigenvalue weighted by Gasteiger charge is 2.73. The third kappa shape index (κ3) is 4.36. The van der Waals surface area contributed by atoms with E-state index in [4.69, 9.17) is 5.73 Å². The molecule has 12 heteroatoms. The molecule has 1 amide bonds. The van der Waals surface area contributed by atoms with Gasteiger partial charge in [-0.1, -0.05) is 49.4 Å². The monoisotopic (exact) mass is 596 g/mol. The van der Waals surface area contributed by atoms with E-state index in [2.05, 4.69) is 0 Å². The molecule has 0 saturated heterocycles. The SMILES string of the molecule is CCN(C)C1C(=O)C(C(N)=O)C(=O)C2(O)C(=O)C3C(=O)c4c(O)cccc4C(CS(=O)Cc4ccccc4)C3C(O)C12. The van der Waals surface area contributed by atoms with E-state index in [1.165, 1.54) is 24.1 Å². The van der Waals surface area contributed by atoms with Gasteiger partial charge in [0.25, 0.3) is 0 Å². The summed E-state index contributed by atoms with van der Waals surface area (Å²) in [5, 5.41) is 34.5. The lowest BCUT2D eigenvalue weighted by atomic mass is 9.49. The van der Waals surface area contributed by atoms with Crippen molar-refractivity contribution in [2.45, 2.75) is 36.3 Å². The molecule has 0 heterocycles. The number of carbonyl (C=O) groups excluding carboxylic acids is 5. The van der Waals surface area contributed by atoms with Crippen molar-refractivity contribution in [3.63, 3.8) is 0 Å². The molecule has 5 N–H and O–H groups in total. The topological polar surface area (TPSA) is 192 Å². The normalized spacial score (nSPS) is 33.1. The van der Waals surface area contributed by atoms with Crippen molar-refractivity contribution >= 4 is 39.8 Å². The lowest BCUT2D eigenvalue weighted by molar-refractivity contribution is -0.197. The maximum atomic E-state index is 14.2. The Morgan fingerprint density at radius 2 is 1.71 bits per heavy atom. The Hall–Kier alpha value is -3.58. The maximum Gasteiger partial charge on any atom is 0.235 e. The minimum Gasteiger partial charge on any atom is -0.507 e. The number of hydrogen-bond donors (Lipinski definition) is 4. The molecule has 5 rings (SSSR count). The van der Waals surface area contributed by atoms with Gasteiger partial charge < -0.3 is 21.1 Å². The van der Waals surface area contributed by atoms with Gasteiger partial charge >= 0.3 is 0 Å². The minimum absolute atomic E-state index is 0.130. The number of primary amides is 1. The number of phenolic OH excluding ortho intramolecular Hbond substituents is 1. The van der Waals surface area contributed by atoms with Gasteiger partial charge in [-0.3, -0.25) is 33.1 Å². The van der Waals surface area contributed by atoms with Crippen molar-refractivity contribution in [2.75, 3.05) is 19.3 Å². The number of aliphatic hydroxyl groups is 2. The third-order valence-electron chi connectivity index (χ3n) is 9.10. The minimum atomic E-state index is -3.09. The van der Waals surface area contributed by atoms with Crippen LogP contribution in [0.1, 0.15) is 34.3 Å². The number of hydrogen-bond acceptors (Lipinski definition) is 10. The summed E-state index contributed by atoms with van der Waals surface area (Å²) >= 11 is 0. The number of aromatic hydroxyl groups is 1. The molecule has 42 heavy (non-hydrogen) atoms. The Balaban J connectivity index is 1.67. The molecule has 2 fully saturated rings. The molecule has 3 aliphatic carbocycles. The van der Waals surface area contributed by atoms with E-state index in [1.54, 1.807) is 37.3 Å². The van der Waals surface area contributed by atoms with Crippen molar-refractivity contribution in [1.82, 2.24) is 4.90 Å². The highest BCUT2D eigenvalue weighted by molar-refractivity contribution is 7.84. The Morgan fingerprint density at radius 3 is 2.33 bits per heavy atom. The van der Waals surface area contributed by atoms with Gasteiger partial charge in [0.15, 0.2) is 34.7 Å². The first-order valence-electron chi connectivity index (χ1n) is 13.6. The summed E-state index contributed by atoms with van der Waals surface area (Å²) in [6, 6.07) is 11.8. The standard InChI is InChI=1S/C30H32N2O9S/c1-3-32(2)23-22-25(35)19-16(13-42(41)12-14-8-5-4-6-9-14)15-10-7-11-17(33)18(15)24(34)20(19)27(37)30(22,40)28(38)21(26(23)36)29(31)39/h4-11,16,19-23,25,33,35,40H,3,12-13H2,1-2H3,(H2,31,39). The lowest BCUT2D eigenvalue weighted by Gasteiger charge is -2.56. The van der Waals surface area contributed by atoms with Gasteiger partial charge in [0, 0.05) is 34.1 Å². The molecule has 9 unspecified atom stereocenters. The first-order valence-corrected chi connectivity index (χ1v) is 15.1. The fraction of sp³-hybridized carbons (Fsp3) is 0.433. The summed E-state index contributed by atoms with van der Waals surface area (Å²) in [6.07, 6.45) is -1.79. The lowest BCUT2D eigenvalue weighted by Crippen LogP contribution is -2.78. The smallest absolute Gasteiger partial charge is 0.235 e. The van der Waals surface area contributed by atoms with Gasteiger partial charge in [-0.15, -0.1) is 0 Å². The second-order valence-corrected chi connectivity index (χ2v) is 12.8. The zero-order chi connectivity index (χ0) is 30.7. The number of nitrogens with two attached hydrogens (primary N) is 1. The fourth-order valence-corrected chi connectivity index (χ4v) is 8.58. The van der Waals surface area contributed by atoms with Gasteiger partial charge in [0.1, 0.15) is 5.75 Å². The van der Waals surface area contributed by atoms with Crippen LogP contribution in [0.2, 0.25) is 0 Å². The zero-order valence-corrected chi connectivity index (χ0v) is 23.8. The van der Waals surface area contributed by atoms with Crippen LogP contribution < -0.4 is 5.73 Å². The largest absolute Gasteiger partial charge is 0.507 e. The van der Waals surface area contributed by atoms with Crippen molar-refractivity contribution in [2.24, 2.45) is 29.4 Å². The Bertz CT molecular complexity index is 1510. The summed E-state index contributed by atoms with van der Waals surface area (Å²) in [7, 11) is -0.106. The summed E-state index contributed by atoms with van der Waals surface area (Å²) in [5.41, 5.74) is 3.10. The summed E-state index contributed by atoms with van der Waals surface area (Å²) in [4.78, 5) is 68.8. The molecule has 11 nitrogen and oxygen atoms in total. The molecule has 2 aromatic rings. The summed E-state index contributed by atoms with van der Waals surface area (Å²) < 4.78 is 13.5. The van der Waals surface area contributed by atoms with E-state index >= 15 is 0 Å². The number of benzene rings is 2. The van der Waals surface area contributed by atoms with Gasteiger partial charge in [-0.05, 0) is 30.8 Å². The number of aliphatic hydroxyl groups excluding tert-OH is 1. The third-order valence-corrected chi connectivity index (χ3v) is 10.5. The van der Waals surface area contributed by atoms with Crippen LogP contribution in [-0.2, 0) is 35.7 Å². The van der Waals surface area contributed by atoms with E-state index in [1.807, 2.05) is 6.07 Å². The molecule has 3 aliphatic rings. The molecule has 2 aromatic carbocycles. The Morgan fingerprint density at radius 1 is 1.05 bits per heavy atom. The van der Waals surface area contributed by atoms with Crippen molar-refractivity contribution in [1.29, 1.82) is 0 Å². The second-order valence-electron chi connectivity index (χ2n) is 11.3. The van der Waals surface area contributed by atoms with E-state index in [9.17, 15) is 43.5 Å².